The molecule has 0 bridgehead atoms. The second kappa shape index (κ2) is 8.20. The van der Waals surface area contributed by atoms with Crippen molar-refractivity contribution in [2.24, 2.45) is 0 Å². The van der Waals surface area contributed by atoms with Crippen LogP contribution in [0, 0.1) is 13.8 Å². The molecule has 1 aliphatic rings. The van der Waals surface area contributed by atoms with Crippen LogP contribution in [-0.4, -0.2) is 18.9 Å². The molecule has 0 saturated heterocycles. The molecule has 0 spiro atoms. The summed E-state index contributed by atoms with van der Waals surface area (Å²) < 4.78 is 0. The zero-order valence-corrected chi connectivity index (χ0v) is 17.9. The maximum atomic E-state index is 13.5. The number of nitrogens with zero attached hydrogens (tertiary/aromatic N) is 2. The highest BCUT2D eigenvalue weighted by molar-refractivity contribution is 8.04. The molecule has 0 fully saturated rings. The van der Waals surface area contributed by atoms with Crippen molar-refractivity contribution in [2.75, 3.05) is 16.8 Å². The van der Waals surface area contributed by atoms with E-state index in [4.69, 9.17) is 0 Å². The van der Waals surface area contributed by atoms with Gasteiger partial charge in [0.15, 0.2) is 0 Å². The molecule has 4 nitrogen and oxygen atoms in total. The van der Waals surface area contributed by atoms with Crippen LogP contribution in [0.2, 0.25) is 0 Å². The minimum absolute atomic E-state index is 0.299. The van der Waals surface area contributed by atoms with Crippen molar-refractivity contribution >= 4 is 35.0 Å². The topological polar surface area (TPSA) is 40.6 Å². The number of thioether (sulfide) groups is 1. The van der Waals surface area contributed by atoms with Gasteiger partial charge in [-0.05, 0) is 50.2 Å². The maximum Gasteiger partial charge on any atom is 0.283 e. The van der Waals surface area contributed by atoms with E-state index in [1.165, 1.54) is 16.7 Å². The Balaban J connectivity index is 1.78. The van der Waals surface area contributed by atoms with Gasteiger partial charge in [-0.2, -0.15) is 0 Å². The van der Waals surface area contributed by atoms with Crippen LogP contribution in [0.1, 0.15) is 11.1 Å². The van der Waals surface area contributed by atoms with E-state index in [9.17, 15) is 9.59 Å². The average Bonchev–Trinajstić information content (AvgIpc) is 3.00. The lowest BCUT2D eigenvalue weighted by molar-refractivity contribution is -0.120. The van der Waals surface area contributed by atoms with Gasteiger partial charge in [0.1, 0.15) is 10.6 Å². The first-order valence-electron chi connectivity index (χ1n) is 9.69. The van der Waals surface area contributed by atoms with E-state index in [1.807, 2.05) is 99.8 Å². The van der Waals surface area contributed by atoms with Gasteiger partial charge in [-0.3, -0.25) is 9.59 Å². The van der Waals surface area contributed by atoms with Crippen LogP contribution in [-0.2, 0) is 9.59 Å². The Labute approximate surface area is 180 Å². The zero-order chi connectivity index (χ0) is 21.3. The number of carbonyl (C=O) groups excluding carboxylic acids is 2. The standard InChI is InChI=1S/C25H22N2O2S/c1-17-9-13-20(14-10-17)27-24(28)22(26(3)19-7-5-4-6-8-19)23(25(27)29)30-21-15-11-18(2)12-16-21/h4-16H,1-3H3. The summed E-state index contributed by atoms with van der Waals surface area (Å²) in [6, 6.07) is 25.0. The van der Waals surface area contributed by atoms with E-state index in [-0.39, 0.29) is 11.8 Å². The van der Waals surface area contributed by atoms with E-state index in [2.05, 4.69) is 0 Å². The molecular weight excluding hydrogens is 392 g/mol. The van der Waals surface area contributed by atoms with Crippen molar-refractivity contribution in [2.45, 2.75) is 18.7 Å². The predicted molar refractivity (Wildman–Crippen MR) is 123 cm³/mol. The summed E-state index contributed by atoms with van der Waals surface area (Å²) in [5.74, 6) is -0.614. The molecule has 0 aromatic heterocycles. The number of hydrogen-bond donors (Lipinski definition) is 0. The minimum Gasteiger partial charge on any atom is -0.339 e. The lowest BCUT2D eigenvalue weighted by atomic mass is 10.2. The lowest BCUT2D eigenvalue weighted by Crippen LogP contribution is -2.34. The first-order chi connectivity index (χ1) is 14.5. The van der Waals surface area contributed by atoms with Crippen LogP contribution in [0.15, 0.2) is 94.4 Å². The van der Waals surface area contributed by atoms with Crippen molar-refractivity contribution in [3.63, 3.8) is 0 Å². The minimum atomic E-state index is -0.315. The number of imide groups is 1. The Morgan fingerprint density at radius 1 is 0.733 bits per heavy atom. The van der Waals surface area contributed by atoms with Crippen LogP contribution in [0.5, 0.6) is 0 Å². The summed E-state index contributed by atoms with van der Waals surface area (Å²) in [7, 11) is 1.82. The van der Waals surface area contributed by atoms with E-state index in [1.54, 1.807) is 4.90 Å². The number of likely N-dealkylation sites (N-methyl/N-ethyl adjacent to an activating group) is 1. The van der Waals surface area contributed by atoms with E-state index >= 15 is 0 Å². The molecule has 30 heavy (non-hydrogen) atoms. The molecule has 5 heteroatoms. The molecule has 0 atom stereocenters. The van der Waals surface area contributed by atoms with E-state index in [0.29, 0.717) is 16.3 Å². The molecule has 4 rings (SSSR count). The highest BCUT2D eigenvalue weighted by Crippen LogP contribution is 2.39. The first-order valence-corrected chi connectivity index (χ1v) is 10.5. The fourth-order valence-electron chi connectivity index (χ4n) is 3.32. The molecule has 2 amide bonds. The summed E-state index contributed by atoms with van der Waals surface area (Å²) in [4.78, 5) is 31.3. The van der Waals surface area contributed by atoms with Gasteiger partial charge in [-0.1, -0.05) is 65.4 Å². The quantitative estimate of drug-likeness (QED) is 0.530. The summed E-state index contributed by atoms with van der Waals surface area (Å²) >= 11 is 1.33. The molecular formula is C25H22N2O2S. The monoisotopic (exact) mass is 414 g/mol. The predicted octanol–water partition coefficient (Wildman–Crippen LogP) is 5.32. The molecule has 150 valence electrons. The van der Waals surface area contributed by atoms with Crippen molar-refractivity contribution in [1.29, 1.82) is 0 Å². The largest absolute Gasteiger partial charge is 0.339 e. The van der Waals surface area contributed by atoms with Gasteiger partial charge >= 0.3 is 0 Å². The Bertz CT molecular complexity index is 1120. The Kier molecular flexibility index (Phi) is 5.46. The van der Waals surface area contributed by atoms with Crippen LogP contribution in [0.3, 0.4) is 0 Å². The summed E-state index contributed by atoms with van der Waals surface area (Å²) in [5.41, 5.74) is 4.03. The Hall–Kier alpha value is -3.31. The van der Waals surface area contributed by atoms with Gasteiger partial charge < -0.3 is 4.90 Å². The van der Waals surface area contributed by atoms with Gasteiger partial charge in [0.2, 0.25) is 0 Å². The number of carbonyl (C=O) groups is 2. The SMILES string of the molecule is Cc1ccc(SC2=C(N(C)c3ccccc3)C(=O)N(c3ccc(C)cc3)C2=O)cc1. The third kappa shape index (κ3) is 3.76. The van der Waals surface area contributed by atoms with Crippen molar-refractivity contribution < 1.29 is 9.59 Å². The molecule has 1 heterocycles. The smallest absolute Gasteiger partial charge is 0.283 e. The van der Waals surface area contributed by atoms with E-state index < -0.39 is 0 Å². The van der Waals surface area contributed by atoms with Crippen LogP contribution in [0.25, 0.3) is 0 Å². The van der Waals surface area contributed by atoms with Gasteiger partial charge in [0.25, 0.3) is 11.8 Å². The highest BCUT2D eigenvalue weighted by atomic mass is 32.2. The maximum absolute atomic E-state index is 13.5. The van der Waals surface area contributed by atoms with Crippen molar-refractivity contribution in [1.82, 2.24) is 0 Å². The molecule has 1 aliphatic heterocycles. The lowest BCUT2D eigenvalue weighted by Gasteiger charge is -2.21. The van der Waals surface area contributed by atoms with Gasteiger partial charge in [0.05, 0.1) is 5.69 Å². The molecule has 0 saturated carbocycles. The van der Waals surface area contributed by atoms with Gasteiger partial charge in [0, 0.05) is 17.6 Å². The van der Waals surface area contributed by atoms with Crippen LogP contribution >= 0.6 is 11.8 Å². The number of anilines is 2. The third-order valence-corrected chi connectivity index (χ3v) is 6.11. The second-order valence-electron chi connectivity index (χ2n) is 7.27. The fraction of sp³-hybridized carbons (Fsp3) is 0.120. The van der Waals surface area contributed by atoms with Crippen molar-refractivity contribution in [3.8, 4) is 0 Å². The normalized spacial score (nSPS) is 13.9. The number of rotatable bonds is 5. The number of amides is 2. The van der Waals surface area contributed by atoms with Crippen LogP contribution < -0.4 is 9.80 Å². The molecule has 0 radical (unpaired) electrons. The second-order valence-corrected chi connectivity index (χ2v) is 8.35. The third-order valence-electron chi connectivity index (χ3n) is 5.03. The number of hydrogen-bond acceptors (Lipinski definition) is 4. The summed E-state index contributed by atoms with van der Waals surface area (Å²) in [6.45, 7) is 3.99. The zero-order valence-electron chi connectivity index (χ0n) is 17.1. The number of aryl methyl sites for hydroxylation is 2. The Morgan fingerprint density at radius 2 is 1.30 bits per heavy atom. The molecule has 0 N–H and O–H groups in total. The average molecular weight is 415 g/mol. The number of benzene rings is 3. The summed E-state index contributed by atoms with van der Waals surface area (Å²) in [5, 5.41) is 0. The number of para-hydroxylation sites is 1. The van der Waals surface area contributed by atoms with Crippen molar-refractivity contribution in [3.05, 3.63) is 101 Å². The first kappa shape index (κ1) is 20.0. The molecule has 0 aliphatic carbocycles. The summed E-state index contributed by atoms with van der Waals surface area (Å²) in [6.07, 6.45) is 0. The Morgan fingerprint density at radius 3 is 1.90 bits per heavy atom. The molecule has 3 aromatic carbocycles. The van der Waals surface area contributed by atoms with E-state index in [0.717, 1.165) is 21.7 Å². The molecule has 0 unspecified atom stereocenters. The van der Waals surface area contributed by atoms with Gasteiger partial charge in [-0.25, -0.2) is 4.90 Å². The van der Waals surface area contributed by atoms with Gasteiger partial charge in [-0.15, -0.1) is 0 Å². The molecule has 3 aromatic rings. The highest BCUT2D eigenvalue weighted by Gasteiger charge is 2.42. The van der Waals surface area contributed by atoms with Crippen LogP contribution in [0.4, 0.5) is 11.4 Å². The fourth-order valence-corrected chi connectivity index (χ4v) is 4.33.